The predicted octanol–water partition coefficient (Wildman–Crippen LogP) is 7.96. The first-order chi connectivity index (χ1) is 17.5. The van der Waals surface area contributed by atoms with Gasteiger partial charge in [-0.05, 0) is 48.9 Å². The lowest BCUT2D eigenvalue weighted by molar-refractivity contribution is 0.506. The van der Waals surface area contributed by atoms with E-state index in [9.17, 15) is 4.79 Å². The van der Waals surface area contributed by atoms with Gasteiger partial charge in [-0.1, -0.05) is 84.2 Å². The first-order valence-electron chi connectivity index (χ1n) is 11.8. The van der Waals surface area contributed by atoms with Crippen LogP contribution in [0.5, 0.6) is 0 Å². The van der Waals surface area contributed by atoms with Gasteiger partial charge in [-0.25, -0.2) is 4.98 Å². The molecule has 8 heteroatoms. The van der Waals surface area contributed by atoms with Gasteiger partial charge in [0.15, 0.2) is 0 Å². The second kappa shape index (κ2) is 9.75. The summed E-state index contributed by atoms with van der Waals surface area (Å²) in [5, 5.41) is 7.35. The number of halogens is 3. The van der Waals surface area contributed by atoms with E-state index >= 15 is 0 Å². The molecule has 2 heterocycles. The number of fused-ring (bicyclic) bond motifs is 2. The van der Waals surface area contributed by atoms with Gasteiger partial charge < -0.3 is 4.57 Å². The summed E-state index contributed by atoms with van der Waals surface area (Å²) in [5.74, 6) is 0.598. The SMILES string of the molecule is Cc1c(C=Nn2c(C(C)(C)C)nc3ccc(Br)cc3c2=O)c2ccccc2n1Cc1ccc(Cl)c(Cl)c1. The highest BCUT2D eigenvalue weighted by Crippen LogP contribution is 2.28. The molecular formula is C29H25BrCl2N4O. The third kappa shape index (κ3) is 4.86. The smallest absolute Gasteiger partial charge is 0.282 e. The Labute approximate surface area is 233 Å². The van der Waals surface area contributed by atoms with Crippen molar-refractivity contribution in [2.45, 2.75) is 39.7 Å². The molecule has 0 aliphatic carbocycles. The van der Waals surface area contributed by atoms with Crippen LogP contribution in [0.1, 0.15) is 43.4 Å². The van der Waals surface area contributed by atoms with Crippen molar-refractivity contribution in [2.24, 2.45) is 5.10 Å². The molecule has 0 fully saturated rings. The number of aromatic nitrogens is 3. The van der Waals surface area contributed by atoms with Gasteiger partial charge in [0.05, 0.1) is 27.2 Å². The average Bonchev–Trinajstić information content (AvgIpc) is 3.11. The number of hydrogen-bond acceptors (Lipinski definition) is 3. The van der Waals surface area contributed by atoms with Gasteiger partial charge in [0, 0.05) is 38.6 Å². The summed E-state index contributed by atoms with van der Waals surface area (Å²) in [5.41, 5.74) is 4.13. The van der Waals surface area contributed by atoms with Gasteiger partial charge in [-0.3, -0.25) is 4.79 Å². The quantitative estimate of drug-likeness (QED) is 0.198. The van der Waals surface area contributed by atoms with Crippen LogP contribution in [0.3, 0.4) is 0 Å². The van der Waals surface area contributed by atoms with Crippen molar-refractivity contribution in [1.82, 2.24) is 14.2 Å². The molecule has 5 nitrogen and oxygen atoms in total. The summed E-state index contributed by atoms with van der Waals surface area (Å²) in [7, 11) is 0. The van der Waals surface area contributed by atoms with Gasteiger partial charge in [0.25, 0.3) is 5.56 Å². The molecule has 5 rings (SSSR count). The fraction of sp³-hybridized carbons (Fsp3) is 0.207. The van der Waals surface area contributed by atoms with Crippen molar-refractivity contribution < 1.29 is 0 Å². The molecule has 0 saturated carbocycles. The molecule has 2 aromatic heterocycles. The molecule has 0 amide bonds. The van der Waals surface area contributed by atoms with Crippen molar-refractivity contribution in [3.8, 4) is 0 Å². The van der Waals surface area contributed by atoms with Crippen LogP contribution in [0, 0.1) is 6.92 Å². The number of benzene rings is 3. The Morgan fingerprint density at radius 1 is 1.00 bits per heavy atom. The lowest BCUT2D eigenvalue weighted by Gasteiger charge is -2.20. The molecule has 0 aliphatic rings. The zero-order chi connectivity index (χ0) is 26.5. The molecule has 0 aliphatic heterocycles. The highest BCUT2D eigenvalue weighted by molar-refractivity contribution is 9.10. The molecule has 3 aromatic carbocycles. The molecule has 0 unspecified atom stereocenters. The summed E-state index contributed by atoms with van der Waals surface area (Å²) in [6.45, 7) is 8.76. The van der Waals surface area contributed by atoms with Crippen LogP contribution in [-0.4, -0.2) is 20.4 Å². The molecule has 5 aromatic rings. The molecule has 0 radical (unpaired) electrons. The summed E-state index contributed by atoms with van der Waals surface area (Å²) in [6.07, 6.45) is 1.77. The van der Waals surface area contributed by atoms with Gasteiger partial charge in [-0.2, -0.15) is 9.78 Å². The normalized spacial score (nSPS) is 12.3. The zero-order valence-corrected chi connectivity index (χ0v) is 24.0. The van der Waals surface area contributed by atoms with Crippen molar-refractivity contribution in [2.75, 3.05) is 0 Å². The van der Waals surface area contributed by atoms with Gasteiger partial charge in [-0.15, -0.1) is 0 Å². The van der Waals surface area contributed by atoms with E-state index in [4.69, 9.17) is 33.3 Å². The third-order valence-electron chi connectivity index (χ3n) is 6.39. The van der Waals surface area contributed by atoms with Crippen LogP contribution in [0.15, 0.2) is 75.0 Å². The predicted molar refractivity (Wildman–Crippen MR) is 158 cm³/mol. The van der Waals surface area contributed by atoms with Crippen LogP contribution < -0.4 is 5.56 Å². The van der Waals surface area contributed by atoms with Crippen molar-refractivity contribution in [3.05, 3.63) is 108 Å². The Bertz CT molecular complexity index is 1760. The molecule has 37 heavy (non-hydrogen) atoms. The van der Waals surface area contributed by atoms with Gasteiger partial charge in [0.1, 0.15) is 5.82 Å². The zero-order valence-electron chi connectivity index (χ0n) is 20.9. The largest absolute Gasteiger partial charge is 0.340 e. The second-order valence-electron chi connectivity index (χ2n) is 10.1. The third-order valence-corrected chi connectivity index (χ3v) is 7.62. The summed E-state index contributed by atoms with van der Waals surface area (Å²) in [6, 6.07) is 19.4. The van der Waals surface area contributed by atoms with E-state index in [1.54, 1.807) is 12.3 Å². The molecule has 0 bridgehead atoms. The van der Waals surface area contributed by atoms with Gasteiger partial charge in [0.2, 0.25) is 0 Å². The number of hydrogen-bond donors (Lipinski definition) is 0. The summed E-state index contributed by atoms with van der Waals surface area (Å²) >= 11 is 15.9. The van der Waals surface area contributed by atoms with Crippen LogP contribution in [-0.2, 0) is 12.0 Å². The second-order valence-corrected chi connectivity index (χ2v) is 11.8. The Kier molecular flexibility index (Phi) is 6.77. The fourth-order valence-electron chi connectivity index (χ4n) is 4.50. The number of para-hydroxylation sites is 1. The standard InChI is InChI=1S/C29H25BrCl2N4O/c1-17-22(20-7-5-6-8-26(20)35(17)16-18-9-11-23(31)24(32)13-18)15-33-36-27(37)21-14-19(30)10-12-25(21)34-28(36)29(2,3)4/h5-15H,16H2,1-4H3. The minimum absolute atomic E-state index is 0.204. The van der Waals surface area contributed by atoms with E-state index in [1.165, 1.54) is 4.68 Å². The first kappa shape index (κ1) is 25.7. The maximum absolute atomic E-state index is 13.6. The Morgan fingerprint density at radius 3 is 2.49 bits per heavy atom. The van der Waals surface area contributed by atoms with Crippen LogP contribution in [0.4, 0.5) is 0 Å². The van der Waals surface area contributed by atoms with E-state index in [1.807, 2.05) is 63.2 Å². The molecule has 188 valence electrons. The van der Waals surface area contributed by atoms with Crippen molar-refractivity contribution in [1.29, 1.82) is 0 Å². The molecule has 0 atom stereocenters. The van der Waals surface area contributed by atoms with Crippen molar-refractivity contribution in [3.63, 3.8) is 0 Å². The minimum atomic E-state index is -0.394. The fourth-order valence-corrected chi connectivity index (χ4v) is 5.18. The van der Waals surface area contributed by atoms with E-state index in [-0.39, 0.29) is 5.56 Å². The minimum Gasteiger partial charge on any atom is -0.340 e. The molecular weight excluding hydrogens is 571 g/mol. The Balaban J connectivity index is 1.67. The number of rotatable bonds is 4. The molecule has 0 N–H and O–H groups in total. The van der Waals surface area contributed by atoms with E-state index in [2.05, 4.69) is 39.6 Å². The van der Waals surface area contributed by atoms with Crippen molar-refractivity contribution >= 4 is 67.2 Å². The highest BCUT2D eigenvalue weighted by Gasteiger charge is 2.23. The van der Waals surface area contributed by atoms with Crippen LogP contribution >= 0.6 is 39.1 Å². The summed E-state index contributed by atoms with van der Waals surface area (Å²) < 4.78 is 4.47. The van der Waals surface area contributed by atoms with Crippen LogP contribution in [0.2, 0.25) is 10.0 Å². The maximum Gasteiger partial charge on any atom is 0.282 e. The number of nitrogens with zero attached hydrogens (tertiary/aromatic N) is 4. The maximum atomic E-state index is 13.6. The molecule has 0 saturated heterocycles. The lowest BCUT2D eigenvalue weighted by atomic mass is 9.95. The highest BCUT2D eigenvalue weighted by atomic mass is 79.9. The van der Waals surface area contributed by atoms with Crippen LogP contribution in [0.25, 0.3) is 21.8 Å². The monoisotopic (exact) mass is 594 g/mol. The lowest BCUT2D eigenvalue weighted by Crippen LogP contribution is -2.29. The summed E-state index contributed by atoms with van der Waals surface area (Å²) in [4.78, 5) is 18.4. The van der Waals surface area contributed by atoms with E-state index in [0.717, 1.165) is 32.2 Å². The first-order valence-corrected chi connectivity index (χ1v) is 13.4. The Hall–Kier alpha value is -2.93. The van der Waals surface area contributed by atoms with E-state index < -0.39 is 5.41 Å². The molecule has 0 spiro atoms. The Morgan fingerprint density at radius 2 is 1.76 bits per heavy atom. The van der Waals surface area contributed by atoms with E-state index in [0.29, 0.717) is 33.3 Å². The topological polar surface area (TPSA) is 52.2 Å². The van der Waals surface area contributed by atoms with Gasteiger partial charge >= 0.3 is 0 Å². The average molecular weight is 596 g/mol.